The Labute approximate surface area is 124 Å². The number of nitrogens with zero attached hydrogens (tertiary/aromatic N) is 1. The monoisotopic (exact) mass is 301 g/mol. The van der Waals surface area contributed by atoms with Gasteiger partial charge in [-0.05, 0) is 12.1 Å². The van der Waals surface area contributed by atoms with E-state index in [-0.39, 0.29) is 5.76 Å². The van der Waals surface area contributed by atoms with E-state index in [1.54, 1.807) is 30.3 Å². The normalized spacial score (nSPS) is 11.6. The van der Waals surface area contributed by atoms with Gasteiger partial charge in [0.05, 0.1) is 10.2 Å². The second-order valence-electron chi connectivity index (χ2n) is 4.27. The van der Waals surface area contributed by atoms with E-state index in [4.69, 9.17) is 0 Å². The summed E-state index contributed by atoms with van der Waals surface area (Å²) in [6, 6.07) is 16.5. The van der Waals surface area contributed by atoms with Crippen LogP contribution in [0.1, 0.15) is 10.6 Å². The van der Waals surface area contributed by atoms with Crippen molar-refractivity contribution in [2.45, 2.75) is 0 Å². The molecule has 0 unspecified atom stereocenters. The SMILES string of the molecule is FB(F)O/C(=C\c1nc2ccccc2s1)c1ccccc1. The molecule has 0 atom stereocenters. The van der Waals surface area contributed by atoms with E-state index in [1.165, 1.54) is 11.3 Å². The quantitative estimate of drug-likeness (QED) is 0.513. The highest BCUT2D eigenvalue weighted by Gasteiger charge is 2.20. The van der Waals surface area contributed by atoms with Gasteiger partial charge < -0.3 is 4.65 Å². The third-order valence-electron chi connectivity index (χ3n) is 2.84. The van der Waals surface area contributed by atoms with Gasteiger partial charge in [0, 0.05) is 11.6 Å². The van der Waals surface area contributed by atoms with Crippen molar-refractivity contribution in [1.29, 1.82) is 0 Å². The lowest BCUT2D eigenvalue weighted by Gasteiger charge is -2.07. The van der Waals surface area contributed by atoms with Crippen LogP contribution in [0.15, 0.2) is 54.6 Å². The minimum atomic E-state index is -2.87. The van der Waals surface area contributed by atoms with Crippen molar-refractivity contribution in [2.75, 3.05) is 0 Å². The molecule has 0 aliphatic carbocycles. The molecule has 0 saturated carbocycles. The molecule has 0 saturated heterocycles. The van der Waals surface area contributed by atoms with Crippen molar-refractivity contribution >= 4 is 40.9 Å². The molecular weight excluding hydrogens is 291 g/mol. The maximum atomic E-state index is 12.6. The van der Waals surface area contributed by atoms with Crippen LogP contribution in [0.4, 0.5) is 8.63 Å². The molecule has 1 aromatic heterocycles. The Hall–Kier alpha value is -2.21. The highest BCUT2D eigenvalue weighted by atomic mass is 32.1. The molecule has 0 bridgehead atoms. The number of halogens is 2. The number of para-hydroxylation sites is 1. The molecule has 0 spiro atoms. The first-order valence-electron chi connectivity index (χ1n) is 6.30. The highest BCUT2D eigenvalue weighted by Crippen LogP contribution is 2.27. The smallest absolute Gasteiger partial charge is 0.505 e. The standard InChI is InChI=1S/C15H10BF2NOS/c17-16(18)20-13(11-6-2-1-3-7-11)10-15-19-12-8-4-5-9-14(12)21-15/h1-10H/b13-10-. The number of hydrogen-bond acceptors (Lipinski definition) is 3. The zero-order valence-corrected chi connectivity index (χ0v) is 11.7. The average molecular weight is 301 g/mol. The minimum absolute atomic E-state index is 0.115. The molecule has 2 nitrogen and oxygen atoms in total. The first-order valence-corrected chi connectivity index (χ1v) is 7.11. The second kappa shape index (κ2) is 6.05. The van der Waals surface area contributed by atoms with E-state index in [9.17, 15) is 8.63 Å². The molecule has 0 N–H and O–H groups in total. The van der Waals surface area contributed by atoms with E-state index >= 15 is 0 Å². The van der Waals surface area contributed by atoms with Crippen LogP contribution in [-0.4, -0.2) is 12.5 Å². The molecule has 104 valence electrons. The van der Waals surface area contributed by atoms with E-state index in [1.807, 2.05) is 30.3 Å². The Morgan fingerprint density at radius 2 is 1.76 bits per heavy atom. The van der Waals surface area contributed by atoms with Crippen LogP contribution in [0.5, 0.6) is 0 Å². The first-order chi connectivity index (χ1) is 10.2. The maximum absolute atomic E-state index is 12.6. The van der Waals surface area contributed by atoms with Gasteiger partial charge in [-0.1, -0.05) is 42.5 Å². The summed E-state index contributed by atoms with van der Waals surface area (Å²) in [4.78, 5) is 4.40. The first kappa shape index (κ1) is 13.8. The van der Waals surface area contributed by atoms with Crippen LogP contribution in [0.2, 0.25) is 0 Å². The molecule has 0 aliphatic rings. The molecule has 3 rings (SSSR count). The van der Waals surface area contributed by atoms with Crippen LogP contribution in [0.25, 0.3) is 22.1 Å². The average Bonchev–Trinajstić information content (AvgIpc) is 2.89. The number of aromatic nitrogens is 1. The predicted molar refractivity (Wildman–Crippen MR) is 83.0 cm³/mol. The van der Waals surface area contributed by atoms with Gasteiger partial charge in [-0.3, -0.25) is 0 Å². The summed E-state index contributed by atoms with van der Waals surface area (Å²) in [6.45, 7) is 0. The van der Waals surface area contributed by atoms with E-state index in [2.05, 4.69) is 9.64 Å². The summed E-state index contributed by atoms with van der Waals surface area (Å²) < 4.78 is 30.8. The van der Waals surface area contributed by atoms with Crippen molar-refractivity contribution in [1.82, 2.24) is 4.98 Å². The Balaban J connectivity index is 2.02. The number of rotatable bonds is 4. The van der Waals surface area contributed by atoms with Crippen LogP contribution >= 0.6 is 11.3 Å². The van der Waals surface area contributed by atoms with Crippen LogP contribution in [-0.2, 0) is 4.65 Å². The van der Waals surface area contributed by atoms with Crippen molar-refractivity contribution in [3.8, 4) is 0 Å². The predicted octanol–water partition coefficient (Wildman–Crippen LogP) is 4.73. The third kappa shape index (κ3) is 3.28. The Kier molecular flexibility index (Phi) is 3.97. The Morgan fingerprint density at radius 1 is 1.05 bits per heavy atom. The largest absolute Gasteiger partial charge is 0.796 e. The summed E-state index contributed by atoms with van der Waals surface area (Å²) in [5.41, 5.74) is 1.44. The molecule has 0 radical (unpaired) electrons. The van der Waals surface area contributed by atoms with E-state index < -0.39 is 7.47 Å². The van der Waals surface area contributed by atoms with Gasteiger partial charge in [0.15, 0.2) is 0 Å². The Bertz CT molecular complexity index is 740. The van der Waals surface area contributed by atoms with Crippen molar-refractivity contribution in [3.63, 3.8) is 0 Å². The summed E-state index contributed by atoms with van der Waals surface area (Å²) in [5.74, 6) is 0.115. The van der Waals surface area contributed by atoms with Crippen molar-refractivity contribution in [2.24, 2.45) is 0 Å². The number of hydrogen-bond donors (Lipinski definition) is 0. The summed E-state index contributed by atoms with van der Waals surface area (Å²) in [7, 11) is -2.87. The minimum Gasteiger partial charge on any atom is -0.505 e. The fourth-order valence-electron chi connectivity index (χ4n) is 1.95. The molecule has 0 aliphatic heterocycles. The zero-order valence-electron chi connectivity index (χ0n) is 10.9. The number of fused-ring (bicyclic) bond motifs is 1. The highest BCUT2D eigenvalue weighted by molar-refractivity contribution is 7.19. The maximum Gasteiger partial charge on any atom is 0.796 e. The van der Waals surface area contributed by atoms with Gasteiger partial charge in [-0.2, -0.15) is 0 Å². The fraction of sp³-hybridized carbons (Fsp3) is 0. The lowest BCUT2D eigenvalue weighted by atomic mass is 10.1. The fourth-order valence-corrected chi connectivity index (χ4v) is 2.85. The van der Waals surface area contributed by atoms with Crippen LogP contribution in [0.3, 0.4) is 0 Å². The van der Waals surface area contributed by atoms with Crippen LogP contribution in [0, 0.1) is 0 Å². The third-order valence-corrected chi connectivity index (χ3v) is 3.82. The van der Waals surface area contributed by atoms with E-state index in [0.29, 0.717) is 10.6 Å². The zero-order chi connectivity index (χ0) is 14.7. The van der Waals surface area contributed by atoms with Gasteiger partial charge in [-0.25, -0.2) is 13.6 Å². The summed E-state index contributed by atoms with van der Waals surface area (Å²) in [5, 5.41) is 0.635. The second-order valence-corrected chi connectivity index (χ2v) is 5.34. The van der Waals surface area contributed by atoms with Gasteiger partial charge in [0.2, 0.25) is 0 Å². The number of thiazole rings is 1. The Morgan fingerprint density at radius 3 is 2.48 bits per heavy atom. The molecule has 21 heavy (non-hydrogen) atoms. The van der Waals surface area contributed by atoms with Gasteiger partial charge in [-0.15, -0.1) is 11.3 Å². The molecule has 1 heterocycles. The topological polar surface area (TPSA) is 22.1 Å². The van der Waals surface area contributed by atoms with E-state index in [0.717, 1.165) is 10.2 Å². The van der Waals surface area contributed by atoms with Gasteiger partial charge >= 0.3 is 7.47 Å². The summed E-state index contributed by atoms with van der Waals surface area (Å²) >= 11 is 1.43. The lowest BCUT2D eigenvalue weighted by Crippen LogP contribution is -2.03. The number of benzene rings is 2. The molecule has 6 heteroatoms. The molecule has 0 fully saturated rings. The molecule has 2 aromatic carbocycles. The molecule has 0 amide bonds. The summed E-state index contributed by atoms with van der Waals surface area (Å²) in [6.07, 6.45) is 1.55. The van der Waals surface area contributed by atoms with Crippen molar-refractivity contribution < 1.29 is 13.3 Å². The van der Waals surface area contributed by atoms with Crippen molar-refractivity contribution in [3.05, 3.63) is 65.2 Å². The molecular formula is C15H10BF2NOS. The van der Waals surface area contributed by atoms with Crippen LogP contribution < -0.4 is 0 Å². The lowest BCUT2D eigenvalue weighted by molar-refractivity contribution is 0.398. The molecule has 3 aromatic rings. The van der Waals surface area contributed by atoms with Gasteiger partial charge in [0.1, 0.15) is 10.8 Å². The van der Waals surface area contributed by atoms with Gasteiger partial charge in [0.25, 0.3) is 0 Å².